The van der Waals surface area contributed by atoms with Gasteiger partial charge in [0.25, 0.3) is 0 Å². The van der Waals surface area contributed by atoms with Crippen LogP contribution in [-0.2, 0) is 4.79 Å². The summed E-state index contributed by atoms with van der Waals surface area (Å²) in [7, 11) is -1.53. The van der Waals surface area contributed by atoms with E-state index in [1.165, 1.54) is 57.8 Å². The van der Waals surface area contributed by atoms with Gasteiger partial charge in [-0.3, -0.25) is 4.79 Å². The highest BCUT2D eigenvalue weighted by Gasteiger charge is 2.26. The zero-order valence-corrected chi connectivity index (χ0v) is 21.2. The highest BCUT2D eigenvalue weighted by atomic mass is 28.3. The van der Waals surface area contributed by atoms with Gasteiger partial charge in [-0.15, -0.1) is 0 Å². The topological polar surface area (TPSA) is 42.2 Å². The number of benzene rings is 1. The van der Waals surface area contributed by atoms with Gasteiger partial charge in [-0.05, 0) is 24.6 Å². The van der Waals surface area contributed by atoms with Gasteiger partial charge in [0, 0.05) is 11.3 Å². The van der Waals surface area contributed by atoms with E-state index in [0.29, 0.717) is 0 Å². The van der Waals surface area contributed by atoms with E-state index < -0.39 is 8.07 Å². The molecule has 0 spiro atoms. The molecule has 2 aromatic rings. The highest BCUT2D eigenvalue weighted by Crippen LogP contribution is 2.26. The maximum Gasteiger partial charge on any atom is 0.232 e. The number of rotatable bonds is 15. The summed E-state index contributed by atoms with van der Waals surface area (Å²) in [6.45, 7) is 9.09. The lowest BCUT2D eigenvalue weighted by Crippen LogP contribution is -2.36. The molecular weight excluding hydrogens is 398 g/mol. The van der Waals surface area contributed by atoms with Gasteiger partial charge in [-0.2, -0.15) is 0 Å². The summed E-state index contributed by atoms with van der Waals surface area (Å²) >= 11 is 0. The van der Waals surface area contributed by atoms with Gasteiger partial charge in [0.1, 0.15) is 8.07 Å². The molecule has 0 bridgehead atoms. The zero-order chi connectivity index (χ0) is 22.5. The summed E-state index contributed by atoms with van der Waals surface area (Å²) in [5.74, 6) is -0.0758. The molecule has 3 nitrogen and oxygen atoms in total. The number of carbonyl (C=O) groups is 1. The summed E-state index contributed by atoms with van der Waals surface area (Å²) in [6.07, 6.45) is 15.7. The maximum atomic E-state index is 13.1. The fourth-order valence-electron chi connectivity index (χ4n) is 3.96. The molecule has 0 saturated heterocycles. The van der Waals surface area contributed by atoms with Crippen molar-refractivity contribution in [1.29, 1.82) is 0 Å². The molecule has 4 heteroatoms. The second kappa shape index (κ2) is 13.6. The van der Waals surface area contributed by atoms with Gasteiger partial charge in [0.15, 0.2) is 0 Å². The molecule has 1 amide bonds. The number of amides is 1. The summed E-state index contributed by atoms with van der Waals surface area (Å²) in [6, 6.07) is 11.9. The van der Waals surface area contributed by atoms with E-state index in [9.17, 15) is 4.79 Å². The monoisotopic (exact) mass is 441 g/mol. The fourth-order valence-corrected chi connectivity index (χ4v) is 4.98. The number of unbranched alkanes of at least 4 members (excludes halogenated alkanes) is 9. The minimum absolute atomic E-state index is 0.0741. The van der Waals surface area contributed by atoms with E-state index in [-0.39, 0.29) is 11.8 Å². The van der Waals surface area contributed by atoms with Crippen LogP contribution in [0.5, 0.6) is 0 Å². The number of carbonyl (C=O) groups excluding carboxylic acids is 1. The van der Waals surface area contributed by atoms with E-state index in [2.05, 4.69) is 37.9 Å². The minimum atomic E-state index is -1.53. The van der Waals surface area contributed by atoms with Crippen molar-refractivity contribution < 1.29 is 9.21 Å². The molecule has 1 heterocycles. The van der Waals surface area contributed by atoms with Crippen molar-refractivity contribution in [2.24, 2.45) is 0 Å². The average Bonchev–Trinajstić information content (AvgIpc) is 3.23. The number of anilines is 1. The van der Waals surface area contributed by atoms with Crippen LogP contribution in [0.3, 0.4) is 0 Å². The first kappa shape index (κ1) is 25.4. The molecule has 0 fully saturated rings. The zero-order valence-electron chi connectivity index (χ0n) is 20.2. The van der Waals surface area contributed by atoms with Crippen LogP contribution in [0.4, 0.5) is 5.69 Å². The SMILES string of the molecule is CCCCCCCCCCCCC(C(=O)Nc1ccccc1)c1coc([Si](C)(C)C)c1. The Morgan fingerprint density at radius 3 is 2.03 bits per heavy atom. The number of hydrogen-bond donors (Lipinski definition) is 1. The molecule has 1 unspecified atom stereocenters. The molecule has 0 aliphatic heterocycles. The van der Waals surface area contributed by atoms with Crippen LogP contribution in [-0.4, -0.2) is 14.0 Å². The Morgan fingerprint density at radius 1 is 0.903 bits per heavy atom. The van der Waals surface area contributed by atoms with Crippen LogP contribution >= 0.6 is 0 Å². The van der Waals surface area contributed by atoms with Crippen LogP contribution < -0.4 is 10.7 Å². The van der Waals surface area contributed by atoms with Crippen LogP contribution in [0, 0.1) is 0 Å². The summed E-state index contributed by atoms with van der Waals surface area (Å²) in [5, 5.41) is 4.18. The molecule has 0 radical (unpaired) electrons. The molecule has 1 N–H and O–H groups in total. The van der Waals surface area contributed by atoms with Crippen LogP contribution in [0.25, 0.3) is 0 Å². The van der Waals surface area contributed by atoms with Gasteiger partial charge in [0.05, 0.1) is 17.6 Å². The highest BCUT2D eigenvalue weighted by molar-refractivity contribution is 6.87. The molecule has 172 valence electrons. The lowest BCUT2D eigenvalue weighted by atomic mass is 9.93. The molecule has 2 rings (SSSR count). The van der Waals surface area contributed by atoms with E-state index in [1.807, 2.05) is 36.6 Å². The third kappa shape index (κ3) is 9.47. The Balaban J connectivity index is 1.86. The van der Waals surface area contributed by atoms with Crippen molar-refractivity contribution in [2.75, 3.05) is 5.32 Å². The van der Waals surface area contributed by atoms with Gasteiger partial charge in [0.2, 0.25) is 5.91 Å². The van der Waals surface area contributed by atoms with Crippen molar-refractivity contribution in [3.8, 4) is 0 Å². The number of nitrogens with one attached hydrogen (secondary N) is 1. The minimum Gasteiger partial charge on any atom is -0.474 e. The Labute approximate surface area is 191 Å². The smallest absolute Gasteiger partial charge is 0.232 e. The summed E-state index contributed by atoms with van der Waals surface area (Å²) in [4.78, 5) is 13.1. The molecule has 1 aromatic heterocycles. The molecule has 0 aliphatic carbocycles. The molecular formula is C27H43NO2Si. The maximum absolute atomic E-state index is 13.1. The van der Waals surface area contributed by atoms with Crippen molar-refractivity contribution >= 4 is 25.1 Å². The lowest BCUT2D eigenvalue weighted by Gasteiger charge is -2.16. The Kier molecular flexibility index (Phi) is 11.1. The van der Waals surface area contributed by atoms with E-state index in [1.54, 1.807) is 0 Å². The average molecular weight is 442 g/mol. The second-order valence-corrected chi connectivity index (χ2v) is 14.9. The van der Waals surface area contributed by atoms with Gasteiger partial charge in [-0.1, -0.05) is 109 Å². The molecule has 1 atom stereocenters. The molecule has 0 saturated carbocycles. The van der Waals surface area contributed by atoms with Crippen LogP contribution in [0.2, 0.25) is 19.6 Å². The standard InChI is InChI=1S/C27H43NO2Si/c1-5-6-7-8-9-10-11-12-13-17-20-25(23-21-26(30-22-23)31(2,3)4)27(29)28-24-18-15-14-16-19-24/h14-16,18-19,21-22,25H,5-13,17,20H2,1-4H3,(H,28,29). The largest absolute Gasteiger partial charge is 0.474 e. The lowest BCUT2D eigenvalue weighted by molar-refractivity contribution is -0.117. The third-order valence-electron chi connectivity index (χ3n) is 5.97. The third-order valence-corrected chi connectivity index (χ3v) is 7.71. The number of hydrogen-bond acceptors (Lipinski definition) is 2. The van der Waals surface area contributed by atoms with Crippen molar-refractivity contribution in [3.63, 3.8) is 0 Å². The first-order valence-electron chi connectivity index (χ1n) is 12.4. The van der Waals surface area contributed by atoms with Crippen LogP contribution in [0.15, 0.2) is 47.1 Å². The second-order valence-electron chi connectivity index (χ2n) is 9.87. The molecule has 31 heavy (non-hydrogen) atoms. The van der Waals surface area contributed by atoms with E-state index in [4.69, 9.17) is 4.42 Å². The Morgan fingerprint density at radius 2 is 1.48 bits per heavy atom. The Hall–Kier alpha value is -1.81. The predicted molar refractivity (Wildman–Crippen MR) is 136 cm³/mol. The van der Waals surface area contributed by atoms with Crippen molar-refractivity contribution in [2.45, 2.75) is 103 Å². The Bertz CT molecular complexity index is 748. The fraction of sp³-hybridized carbons (Fsp3) is 0.593. The van der Waals surface area contributed by atoms with E-state index >= 15 is 0 Å². The van der Waals surface area contributed by atoms with Gasteiger partial charge >= 0.3 is 0 Å². The predicted octanol–water partition coefficient (Wildman–Crippen LogP) is 7.86. The number of furan rings is 1. The van der Waals surface area contributed by atoms with Gasteiger partial charge < -0.3 is 9.73 Å². The molecule has 0 aliphatic rings. The van der Waals surface area contributed by atoms with Crippen molar-refractivity contribution in [1.82, 2.24) is 0 Å². The normalized spacial score (nSPS) is 12.6. The van der Waals surface area contributed by atoms with Crippen LogP contribution in [0.1, 0.15) is 89.0 Å². The first-order chi connectivity index (χ1) is 14.9. The quantitative estimate of drug-likeness (QED) is 0.226. The number of para-hydroxylation sites is 1. The summed E-state index contributed by atoms with van der Waals surface area (Å²) in [5.41, 5.74) is 1.89. The first-order valence-corrected chi connectivity index (χ1v) is 15.9. The van der Waals surface area contributed by atoms with Crippen molar-refractivity contribution in [3.05, 3.63) is 48.2 Å². The molecule has 1 aromatic carbocycles. The van der Waals surface area contributed by atoms with E-state index in [0.717, 1.165) is 29.5 Å². The van der Waals surface area contributed by atoms with Gasteiger partial charge in [-0.25, -0.2) is 0 Å². The summed E-state index contributed by atoms with van der Waals surface area (Å²) < 4.78 is 5.89.